The third-order valence-electron chi connectivity index (χ3n) is 4.42. The van der Waals surface area contributed by atoms with Gasteiger partial charge in [0, 0.05) is 16.5 Å². The van der Waals surface area contributed by atoms with Gasteiger partial charge in [0.05, 0.1) is 16.9 Å². The number of phenolic OH excluding ortho intramolecular Hbond substituents is 1. The SMILES string of the molecule is C=CCSC1=NN2C(=c3ccccc3=NC2c2cc(Br)c(O)c(OC)c2)C(=O)N1. The van der Waals surface area contributed by atoms with E-state index in [1.807, 2.05) is 24.3 Å². The van der Waals surface area contributed by atoms with Gasteiger partial charge in [-0.15, -0.1) is 11.7 Å². The second-order valence-corrected chi connectivity index (χ2v) is 8.09. The number of carbonyl (C=O) groups is 1. The van der Waals surface area contributed by atoms with Crippen molar-refractivity contribution in [2.45, 2.75) is 6.17 Å². The lowest BCUT2D eigenvalue weighted by molar-refractivity contribution is -0.116. The zero-order chi connectivity index (χ0) is 20.5. The maximum Gasteiger partial charge on any atom is 0.276 e. The number of thioether (sulfide) groups is 1. The van der Waals surface area contributed by atoms with E-state index in [4.69, 9.17) is 9.73 Å². The number of hydrogen-bond acceptors (Lipinski definition) is 7. The molecule has 0 bridgehead atoms. The lowest BCUT2D eigenvalue weighted by atomic mass is 10.1. The van der Waals surface area contributed by atoms with E-state index < -0.39 is 6.17 Å². The first-order valence-corrected chi connectivity index (χ1v) is 10.5. The average Bonchev–Trinajstić information content (AvgIpc) is 2.73. The number of methoxy groups -OCH3 is 1. The number of hydrogen-bond donors (Lipinski definition) is 2. The van der Waals surface area contributed by atoms with Gasteiger partial charge in [-0.25, -0.2) is 5.01 Å². The molecule has 2 aromatic rings. The molecule has 0 fully saturated rings. The number of rotatable bonds is 4. The highest BCUT2D eigenvalue weighted by molar-refractivity contribution is 9.10. The molecule has 0 aliphatic carbocycles. The fourth-order valence-corrected chi connectivity index (χ4v) is 4.19. The minimum absolute atomic E-state index is 0.00113. The Hall–Kier alpha value is -2.78. The third kappa shape index (κ3) is 3.51. The van der Waals surface area contributed by atoms with Crippen LogP contribution < -0.4 is 20.6 Å². The van der Waals surface area contributed by atoms with Crippen molar-refractivity contribution in [3.8, 4) is 11.5 Å². The van der Waals surface area contributed by atoms with Crippen molar-refractivity contribution in [1.82, 2.24) is 10.3 Å². The smallest absolute Gasteiger partial charge is 0.276 e. The highest BCUT2D eigenvalue weighted by Gasteiger charge is 2.35. The van der Waals surface area contributed by atoms with Gasteiger partial charge in [0.1, 0.15) is 5.70 Å². The molecule has 9 heteroatoms. The van der Waals surface area contributed by atoms with Gasteiger partial charge in [-0.1, -0.05) is 36.0 Å². The Bertz CT molecular complexity index is 1160. The van der Waals surface area contributed by atoms with Gasteiger partial charge >= 0.3 is 0 Å². The standard InChI is InChI=1S/C20H17BrN4O3S/c1-3-8-29-20-23-19(27)16-12-6-4-5-7-14(12)22-18(25(16)24-20)11-9-13(21)17(26)15(10-11)28-2/h3-7,9-10,18,26H,1,8H2,2H3,(H,23,24,27). The number of amides is 1. The fraction of sp³-hybridized carbons (Fsp3) is 0.150. The highest BCUT2D eigenvalue weighted by Crippen LogP contribution is 2.40. The van der Waals surface area contributed by atoms with E-state index in [-0.39, 0.29) is 11.7 Å². The summed E-state index contributed by atoms with van der Waals surface area (Å²) in [7, 11) is 1.48. The number of benzene rings is 2. The van der Waals surface area contributed by atoms with E-state index in [9.17, 15) is 9.90 Å². The number of fused-ring (bicyclic) bond motifs is 2. The molecule has 2 aliphatic rings. The first-order chi connectivity index (χ1) is 14.0. The van der Waals surface area contributed by atoms with Gasteiger partial charge in [0.25, 0.3) is 5.91 Å². The zero-order valence-corrected chi connectivity index (χ0v) is 17.8. The Morgan fingerprint density at radius 1 is 1.41 bits per heavy atom. The monoisotopic (exact) mass is 472 g/mol. The summed E-state index contributed by atoms with van der Waals surface area (Å²) in [5.74, 6) is 0.665. The van der Waals surface area contributed by atoms with Crippen molar-refractivity contribution in [3.63, 3.8) is 0 Å². The van der Waals surface area contributed by atoms with Crippen molar-refractivity contribution in [2.24, 2.45) is 10.1 Å². The van der Waals surface area contributed by atoms with Gasteiger partial charge in [0.2, 0.25) is 0 Å². The quantitative estimate of drug-likeness (QED) is 0.666. The highest BCUT2D eigenvalue weighted by atomic mass is 79.9. The molecular weight excluding hydrogens is 456 g/mol. The van der Waals surface area contributed by atoms with Crippen molar-refractivity contribution in [1.29, 1.82) is 0 Å². The Morgan fingerprint density at radius 3 is 2.97 bits per heavy atom. The van der Waals surface area contributed by atoms with Gasteiger partial charge in [0.15, 0.2) is 22.8 Å². The normalized spacial score (nSPS) is 17.5. The van der Waals surface area contributed by atoms with Crippen LogP contribution in [0.1, 0.15) is 11.7 Å². The maximum absolute atomic E-state index is 13.0. The van der Waals surface area contributed by atoms with Crippen LogP contribution in [0.25, 0.3) is 5.70 Å². The maximum atomic E-state index is 13.0. The molecule has 0 saturated heterocycles. The summed E-state index contributed by atoms with van der Waals surface area (Å²) in [4.78, 5) is 17.8. The zero-order valence-electron chi connectivity index (χ0n) is 15.4. The fourth-order valence-electron chi connectivity index (χ4n) is 3.15. The van der Waals surface area contributed by atoms with Gasteiger partial charge in [-0.3, -0.25) is 15.1 Å². The molecule has 0 radical (unpaired) electrons. The van der Waals surface area contributed by atoms with E-state index in [1.54, 1.807) is 23.2 Å². The summed E-state index contributed by atoms with van der Waals surface area (Å²) in [6.07, 6.45) is 1.14. The Balaban J connectivity index is 1.93. The molecule has 7 nitrogen and oxygen atoms in total. The van der Waals surface area contributed by atoms with E-state index in [2.05, 4.69) is 32.9 Å². The van der Waals surface area contributed by atoms with Crippen LogP contribution in [-0.2, 0) is 4.79 Å². The van der Waals surface area contributed by atoms with Crippen molar-refractivity contribution in [2.75, 3.05) is 12.9 Å². The number of nitrogens with zero attached hydrogens (tertiary/aromatic N) is 3. The molecule has 0 saturated carbocycles. The van der Waals surface area contributed by atoms with Crippen molar-refractivity contribution < 1.29 is 14.6 Å². The molecular formula is C20H17BrN4O3S. The van der Waals surface area contributed by atoms with E-state index in [0.29, 0.717) is 43.0 Å². The minimum Gasteiger partial charge on any atom is -0.503 e. The Labute approximate surface area is 179 Å². The van der Waals surface area contributed by atoms with Crippen LogP contribution in [0.15, 0.2) is 63.6 Å². The lowest BCUT2D eigenvalue weighted by Gasteiger charge is -2.34. The summed E-state index contributed by atoms with van der Waals surface area (Å²) in [6, 6.07) is 10.9. The summed E-state index contributed by atoms with van der Waals surface area (Å²) >= 11 is 4.73. The molecule has 2 N–H and O–H groups in total. The molecule has 4 rings (SSSR count). The van der Waals surface area contributed by atoms with E-state index in [1.165, 1.54) is 18.9 Å². The van der Waals surface area contributed by atoms with Crippen molar-refractivity contribution >= 4 is 44.5 Å². The summed E-state index contributed by atoms with van der Waals surface area (Å²) in [6.45, 7) is 3.71. The topological polar surface area (TPSA) is 86.5 Å². The van der Waals surface area contributed by atoms with Crippen LogP contribution in [0.3, 0.4) is 0 Å². The minimum atomic E-state index is -0.601. The lowest BCUT2D eigenvalue weighted by Crippen LogP contribution is -2.50. The number of para-hydroxylation sites is 1. The second-order valence-electron chi connectivity index (χ2n) is 6.23. The van der Waals surface area contributed by atoms with Crippen LogP contribution in [0.2, 0.25) is 0 Å². The summed E-state index contributed by atoms with van der Waals surface area (Å²) in [5.41, 5.74) is 1.14. The van der Waals surface area contributed by atoms with Gasteiger partial charge < -0.3 is 9.84 Å². The molecule has 148 valence electrons. The number of amidine groups is 1. The molecule has 2 aliphatic heterocycles. The van der Waals surface area contributed by atoms with Crippen molar-refractivity contribution in [3.05, 3.63) is 69.7 Å². The molecule has 0 aromatic heterocycles. The molecule has 2 aromatic carbocycles. The number of phenols is 1. The Kier molecular flexibility index (Phi) is 5.33. The number of nitrogens with one attached hydrogen (secondary N) is 1. The largest absolute Gasteiger partial charge is 0.503 e. The summed E-state index contributed by atoms with van der Waals surface area (Å²) in [5, 5.41) is 21.1. The molecule has 2 heterocycles. The van der Waals surface area contributed by atoms with Crippen LogP contribution in [0.4, 0.5) is 0 Å². The van der Waals surface area contributed by atoms with Gasteiger partial charge in [-0.05, 0) is 34.1 Å². The van der Waals surface area contributed by atoms with E-state index in [0.717, 1.165) is 0 Å². The summed E-state index contributed by atoms with van der Waals surface area (Å²) < 4.78 is 5.75. The predicted octanol–water partition coefficient (Wildman–Crippen LogP) is 2.23. The average molecular weight is 473 g/mol. The first kappa shape index (κ1) is 19.5. The molecule has 29 heavy (non-hydrogen) atoms. The number of aromatic hydroxyl groups is 1. The molecule has 0 spiro atoms. The molecule has 1 amide bonds. The Morgan fingerprint density at radius 2 is 2.21 bits per heavy atom. The third-order valence-corrected chi connectivity index (χ3v) is 5.89. The van der Waals surface area contributed by atoms with Gasteiger partial charge in [-0.2, -0.15) is 0 Å². The number of hydrazone groups is 1. The number of halogens is 1. The van der Waals surface area contributed by atoms with Crippen LogP contribution in [-0.4, -0.2) is 34.1 Å². The predicted molar refractivity (Wildman–Crippen MR) is 116 cm³/mol. The number of ether oxygens (including phenoxy) is 1. The number of carbonyl (C=O) groups excluding carboxylic acids is 1. The van der Waals surface area contributed by atoms with E-state index >= 15 is 0 Å². The first-order valence-electron chi connectivity index (χ1n) is 8.70. The molecule has 1 atom stereocenters. The molecule has 1 unspecified atom stereocenters. The second kappa shape index (κ2) is 7.92. The van der Waals surface area contributed by atoms with Crippen LogP contribution in [0, 0.1) is 0 Å². The van der Waals surface area contributed by atoms with Crippen LogP contribution in [0.5, 0.6) is 11.5 Å². The van der Waals surface area contributed by atoms with Crippen LogP contribution >= 0.6 is 27.7 Å².